The first-order valence-corrected chi connectivity index (χ1v) is 6.26. The molecule has 1 atom stereocenters. The van der Waals surface area contributed by atoms with Crippen molar-refractivity contribution in [1.29, 1.82) is 5.41 Å². The largest absolute Gasteiger partial charge is 0.384 e. The lowest BCUT2D eigenvalue weighted by atomic mass is 10.0. The monoisotopic (exact) mass is 248 g/mol. The van der Waals surface area contributed by atoms with Gasteiger partial charge in [0, 0.05) is 32.0 Å². The summed E-state index contributed by atoms with van der Waals surface area (Å²) in [5.41, 5.74) is 6.06. The third-order valence-corrected chi connectivity index (χ3v) is 3.24. The van der Waals surface area contributed by atoms with Crippen molar-refractivity contribution in [2.24, 2.45) is 11.7 Å². The van der Waals surface area contributed by atoms with E-state index < -0.39 is 0 Å². The Morgan fingerprint density at radius 1 is 1.61 bits per heavy atom. The number of aromatic nitrogens is 1. The van der Waals surface area contributed by atoms with Gasteiger partial charge in [-0.1, -0.05) is 0 Å². The molecule has 2 rings (SSSR count). The molecule has 1 aliphatic rings. The number of amidine groups is 1. The molecular formula is C13H20N4O. The number of rotatable bonds is 4. The lowest BCUT2D eigenvalue weighted by Crippen LogP contribution is -2.31. The normalized spacial score (nSPS) is 19.5. The van der Waals surface area contributed by atoms with Crippen LogP contribution < -0.4 is 10.6 Å². The van der Waals surface area contributed by atoms with Crippen molar-refractivity contribution in [2.45, 2.75) is 12.8 Å². The van der Waals surface area contributed by atoms with Gasteiger partial charge in [-0.05, 0) is 30.9 Å². The highest BCUT2D eigenvalue weighted by atomic mass is 16.5. The van der Waals surface area contributed by atoms with E-state index in [-0.39, 0.29) is 5.84 Å². The molecule has 2 heterocycles. The number of hydrogen-bond acceptors (Lipinski definition) is 4. The highest BCUT2D eigenvalue weighted by Crippen LogP contribution is 2.17. The van der Waals surface area contributed by atoms with Gasteiger partial charge in [-0.2, -0.15) is 0 Å². The molecule has 0 saturated carbocycles. The minimum atomic E-state index is 0.0531. The van der Waals surface area contributed by atoms with Crippen molar-refractivity contribution in [3.05, 3.63) is 23.9 Å². The van der Waals surface area contributed by atoms with Crippen molar-refractivity contribution in [1.82, 2.24) is 4.98 Å². The molecule has 0 amide bonds. The maximum atomic E-state index is 7.33. The molecular weight excluding hydrogens is 228 g/mol. The molecule has 1 aromatic heterocycles. The molecule has 1 unspecified atom stereocenters. The maximum absolute atomic E-state index is 7.33. The molecule has 0 spiro atoms. The van der Waals surface area contributed by atoms with Crippen LogP contribution in [0.1, 0.15) is 18.4 Å². The predicted molar refractivity (Wildman–Crippen MR) is 72.1 cm³/mol. The van der Waals surface area contributed by atoms with E-state index >= 15 is 0 Å². The second kappa shape index (κ2) is 5.82. The van der Waals surface area contributed by atoms with E-state index in [2.05, 4.69) is 9.88 Å². The molecule has 0 aliphatic carbocycles. The van der Waals surface area contributed by atoms with E-state index in [4.69, 9.17) is 15.9 Å². The summed E-state index contributed by atoms with van der Waals surface area (Å²) in [6, 6.07) is 3.74. The second-order valence-corrected chi connectivity index (χ2v) is 4.78. The van der Waals surface area contributed by atoms with Crippen molar-refractivity contribution in [3.63, 3.8) is 0 Å². The zero-order chi connectivity index (χ0) is 13.0. The zero-order valence-electron chi connectivity index (χ0n) is 10.7. The van der Waals surface area contributed by atoms with E-state index in [1.54, 1.807) is 6.20 Å². The molecule has 0 radical (unpaired) electrons. The number of nitrogens with zero attached hydrogens (tertiary/aromatic N) is 2. The van der Waals surface area contributed by atoms with Crippen LogP contribution in [0.4, 0.5) is 5.82 Å². The van der Waals surface area contributed by atoms with Gasteiger partial charge in [-0.15, -0.1) is 0 Å². The minimum absolute atomic E-state index is 0.0531. The topological polar surface area (TPSA) is 75.2 Å². The van der Waals surface area contributed by atoms with Gasteiger partial charge in [-0.25, -0.2) is 4.98 Å². The quantitative estimate of drug-likeness (QED) is 0.620. The fourth-order valence-corrected chi connectivity index (χ4v) is 2.20. The van der Waals surface area contributed by atoms with Crippen LogP contribution in [0.5, 0.6) is 0 Å². The summed E-state index contributed by atoms with van der Waals surface area (Å²) in [4.78, 5) is 6.46. The molecule has 18 heavy (non-hydrogen) atoms. The fraction of sp³-hybridized carbons (Fsp3) is 0.538. The van der Waals surface area contributed by atoms with Gasteiger partial charge in [0.25, 0.3) is 0 Å². The number of hydrogen-bond donors (Lipinski definition) is 2. The summed E-state index contributed by atoms with van der Waals surface area (Å²) in [7, 11) is 2.03. The van der Waals surface area contributed by atoms with Crippen LogP contribution in [0.15, 0.2) is 18.3 Å². The van der Waals surface area contributed by atoms with Crippen LogP contribution in [0.3, 0.4) is 0 Å². The van der Waals surface area contributed by atoms with Gasteiger partial charge < -0.3 is 15.4 Å². The van der Waals surface area contributed by atoms with Crippen LogP contribution in [-0.2, 0) is 4.74 Å². The van der Waals surface area contributed by atoms with Crippen LogP contribution in [-0.4, -0.2) is 37.6 Å². The van der Waals surface area contributed by atoms with E-state index in [1.165, 1.54) is 6.42 Å². The van der Waals surface area contributed by atoms with Gasteiger partial charge in [-0.3, -0.25) is 5.41 Å². The summed E-state index contributed by atoms with van der Waals surface area (Å²) in [6.07, 6.45) is 4.01. The van der Waals surface area contributed by atoms with E-state index in [1.807, 2.05) is 19.2 Å². The summed E-state index contributed by atoms with van der Waals surface area (Å²) < 4.78 is 5.48. The van der Waals surface area contributed by atoms with Crippen molar-refractivity contribution >= 4 is 11.7 Å². The van der Waals surface area contributed by atoms with E-state index in [9.17, 15) is 0 Å². The van der Waals surface area contributed by atoms with Crippen LogP contribution in [0, 0.1) is 11.3 Å². The number of ether oxygens (including phenoxy) is 1. The Kier molecular flexibility index (Phi) is 4.15. The van der Waals surface area contributed by atoms with Crippen LogP contribution in [0.25, 0.3) is 0 Å². The lowest BCUT2D eigenvalue weighted by molar-refractivity contribution is 0.0576. The van der Waals surface area contributed by atoms with Gasteiger partial charge in [0.05, 0.1) is 6.61 Å². The summed E-state index contributed by atoms with van der Waals surface area (Å²) >= 11 is 0. The smallest absolute Gasteiger partial charge is 0.128 e. The first kappa shape index (κ1) is 12.8. The molecule has 1 saturated heterocycles. The Hall–Kier alpha value is -1.62. The Morgan fingerprint density at radius 3 is 3.00 bits per heavy atom. The SMILES string of the molecule is CN(CC1CCCOC1)c1ccc(C(=N)N)cn1. The summed E-state index contributed by atoms with van der Waals surface area (Å²) in [6.45, 7) is 2.69. The molecule has 98 valence electrons. The number of nitrogens with one attached hydrogen (secondary N) is 1. The number of anilines is 1. The first-order chi connectivity index (χ1) is 8.66. The summed E-state index contributed by atoms with van der Waals surface area (Å²) in [5, 5.41) is 7.33. The Balaban J connectivity index is 1.95. The molecule has 5 heteroatoms. The number of pyridine rings is 1. The Morgan fingerprint density at radius 2 is 2.44 bits per heavy atom. The van der Waals surface area contributed by atoms with Gasteiger partial charge in [0.2, 0.25) is 0 Å². The average Bonchev–Trinajstić information content (AvgIpc) is 2.40. The Labute approximate surface area is 107 Å². The van der Waals surface area contributed by atoms with Crippen molar-refractivity contribution in [3.8, 4) is 0 Å². The molecule has 1 aliphatic heterocycles. The van der Waals surface area contributed by atoms with Gasteiger partial charge >= 0.3 is 0 Å². The van der Waals surface area contributed by atoms with Crippen LogP contribution in [0.2, 0.25) is 0 Å². The molecule has 5 nitrogen and oxygen atoms in total. The molecule has 0 aromatic carbocycles. The lowest BCUT2D eigenvalue weighted by Gasteiger charge is -2.27. The summed E-state index contributed by atoms with van der Waals surface area (Å²) in [5.74, 6) is 1.54. The average molecular weight is 248 g/mol. The van der Waals surface area contributed by atoms with Crippen molar-refractivity contribution in [2.75, 3.05) is 31.7 Å². The fourth-order valence-electron chi connectivity index (χ4n) is 2.20. The van der Waals surface area contributed by atoms with E-state index in [0.29, 0.717) is 11.5 Å². The first-order valence-electron chi connectivity index (χ1n) is 6.26. The third kappa shape index (κ3) is 3.20. The Bertz CT molecular complexity index is 398. The third-order valence-electron chi connectivity index (χ3n) is 3.24. The molecule has 0 bridgehead atoms. The number of nitrogens with two attached hydrogens (primary N) is 1. The molecule has 1 aromatic rings. The highest BCUT2D eigenvalue weighted by molar-refractivity contribution is 5.94. The highest BCUT2D eigenvalue weighted by Gasteiger charge is 2.16. The van der Waals surface area contributed by atoms with E-state index in [0.717, 1.165) is 32.0 Å². The zero-order valence-corrected chi connectivity index (χ0v) is 10.7. The molecule has 3 N–H and O–H groups in total. The second-order valence-electron chi connectivity index (χ2n) is 4.78. The molecule has 1 fully saturated rings. The maximum Gasteiger partial charge on any atom is 0.128 e. The minimum Gasteiger partial charge on any atom is -0.384 e. The van der Waals surface area contributed by atoms with Gasteiger partial charge in [0.1, 0.15) is 11.7 Å². The van der Waals surface area contributed by atoms with Gasteiger partial charge in [0.15, 0.2) is 0 Å². The number of nitrogen functional groups attached to an aromatic ring is 1. The van der Waals surface area contributed by atoms with Crippen molar-refractivity contribution < 1.29 is 4.74 Å². The predicted octanol–water partition coefficient (Wildman–Crippen LogP) is 1.23. The standard InChI is InChI=1S/C13H20N4O/c1-17(8-10-3-2-6-18-9-10)12-5-4-11(7-16-12)13(14)15/h4-5,7,10H,2-3,6,8-9H2,1H3,(H3,14,15). The van der Waals surface area contributed by atoms with Crippen LogP contribution >= 0.6 is 0 Å².